The van der Waals surface area contributed by atoms with Crippen molar-refractivity contribution in [3.63, 3.8) is 0 Å². The van der Waals surface area contributed by atoms with Crippen molar-refractivity contribution in [2.75, 3.05) is 20.8 Å². The highest BCUT2D eigenvalue weighted by Crippen LogP contribution is 2.27. The smallest absolute Gasteiger partial charge is 0.244 e. The van der Waals surface area contributed by atoms with Crippen LogP contribution in [0.5, 0.6) is 11.5 Å². The summed E-state index contributed by atoms with van der Waals surface area (Å²) in [6.45, 7) is 2.31. The predicted octanol–water partition coefficient (Wildman–Crippen LogP) is 1.22. The number of carbonyl (C=O) groups excluding carboxylic acids is 1. The Kier molecular flexibility index (Phi) is 5.35. The topological polar surface area (TPSA) is 78.3 Å². The molecule has 1 aromatic carbocycles. The van der Waals surface area contributed by atoms with Crippen LogP contribution >= 0.6 is 0 Å². The zero-order valence-electron chi connectivity index (χ0n) is 12.9. The number of ether oxygens (including phenoxy) is 2. The normalized spacial score (nSPS) is 11.8. The molecule has 22 heavy (non-hydrogen) atoms. The molecule has 2 aromatic rings. The Morgan fingerprint density at radius 3 is 2.73 bits per heavy atom. The third-order valence-corrected chi connectivity index (χ3v) is 3.37. The van der Waals surface area contributed by atoms with Crippen LogP contribution in [0.1, 0.15) is 18.5 Å². The molecule has 0 unspecified atom stereocenters. The molecule has 1 atom stereocenters. The van der Waals surface area contributed by atoms with Gasteiger partial charge in [-0.1, -0.05) is 6.07 Å². The van der Waals surface area contributed by atoms with Gasteiger partial charge in [-0.25, -0.2) is 9.67 Å². The number of rotatable bonds is 7. The van der Waals surface area contributed by atoms with E-state index in [1.165, 1.54) is 17.3 Å². The van der Waals surface area contributed by atoms with Crippen molar-refractivity contribution in [1.82, 2.24) is 20.1 Å². The van der Waals surface area contributed by atoms with Crippen LogP contribution in [-0.2, 0) is 11.2 Å². The van der Waals surface area contributed by atoms with Crippen LogP contribution in [0, 0.1) is 0 Å². The number of aromatic nitrogens is 3. The van der Waals surface area contributed by atoms with Crippen molar-refractivity contribution >= 4 is 5.91 Å². The molecule has 0 radical (unpaired) electrons. The zero-order chi connectivity index (χ0) is 15.9. The number of carbonyl (C=O) groups is 1. The van der Waals surface area contributed by atoms with Gasteiger partial charge < -0.3 is 14.8 Å². The average molecular weight is 304 g/mol. The second-order valence-corrected chi connectivity index (χ2v) is 4.78. The standard InChI is InChI=1S/C15H20N4O3/c1-11(19-10-16-9-18-19)15(20)17-7-6-12-4-5-13(21-2)14(8-12)22-3/h4-5,8-11H,6-7H2,1-3H3,(H,17,20)/t11-/m0/s1. The van der Waals surface area contributed by atoms with E-state index in [1.807, 2.05) is 18.2 Å². The molecule has 0 saturated carbocycles. The second kappa shape index (κ2) is 7.44. The van der Waals surface area contributed by atoms with Gasteiger partial charge in [0.25, 0.3) is 0 Å². The number of methoxy groups -OCH3 is 2. The molecule has 0 spiro atoms. The Morgan fingerprint density at radius 1 is 1.32 bits per heavy atom. The molecule has 0 bridgehead atoms. The molecule has 7 nitrogen and oxygen atoms in total. The molecule has 7 heteroatoms. The third kappa shape index (κ3) is 3.75. The lowest BCUT2D eigenvalue weighted by Gasteiger charge is -2.13. The molecular formula is C15H20N4O3. The van der Waals surface area contributed by atoms with Gasteiger partial charge >= 0.3 is 0 Å². The minimum atomic E-state index is -0.382. The van der Waals surface area contributed by atoms with E-state index in [9.17, 15) is 4.79 Å². The summed E-state index contributed by atoms with van der Waals surface area (Å²) < 4.78 is 12.0. The zero-order valence-corrected chi connectivity index (χ0v) is 12.9. The van der Waals surface area contributed by atoms with E-state index in [4.69, 9.17) is 9.47 Å². The number of nitrogens with zero attached hydrogens (tertiary/aromatic N) is 3. The summed E-state index contributed by atoms with van der Waals surface area (Å²) in [5, 5.41) is 6.85. The van der Waals surface area contributed by atoms with Crippen molar-refractivity contribution in [3.8, 4) is 11.5 Å². The van der Waals surface area contributed by atoms with Gasteiger partial charge in [0.2, 0.25) is 5.91 Å². The van der Waals surface area contributed by atoms with Gasteiger partial charge in [-0.15, -0.1) is 0 Å². The Labute approximate surface area is 129 Å². The first-order valence-corrected chi connectivity index (χ1v) is 6.98. The second-order valence-electron chi connectivity index (χ2n) is 4.78. The van der Waals surface area contributed by atoms with Gasteiger partial charge in [0.1, 0.15) is 18.7 Å². The lowest BCUT2D eigenvalue weighted by Crippen LogP contribution is -2.32. The first kappa shape index (κ1) is 15.8. The SMILES string of the molecule is COc1ccc(CCNC(=O)[C@H](C)n2cncn2)cc1OC. The van der Waals surface area contributed by atoms with Gasteiger partial charge in [0, 0.05) is 6.54 Å². The molecule has 0 aliphatic rings. The van der Waals surface area contributed by atoms with E-state index in [1.54, 1.807) is 21.1 Å². The Hall–Kier alpha value is -2.57. The predicted molar refractivity (Wildman–Crippen MR) is 81.0 cm³/mol. The fraction of sp³-hybridized carbons (Fsp3) is 0.400. The summed E-state index contributed by atoms with van der Waals surface area (Å²) in [5.41, 5.74) is 1.06. The van der Waals surface area contributed by atoms with E-state index in [0.29, 0.717) is 24.5 Å². The maximum absolute atomic E-state index is 12.0. The molecule has 0 fully saturated rings. The van der Waals surface area contributed by atoms with Crippen molar-refractivity contribution < 1.29 is 14.3 Å². The monoisotopic (exact) mass is 304 g/mol. The van der Waals surface area contributed by atoms with Crippen LogP contribution in [0.15, 0.2) is 30.9 Å². The highest BCUT2D eigenvalue weighted by molar-refractivity contribution is 5.79. The first-order chi connectivity index (χ1) is 10.7. The first-order valence-electron chi connectivity index (χ1n) is 6.98. The Balaban J connectivity index is 1.87. The highest BCUT2D eigenvalue weighted by Gasteiger charge is 2.14. The van der Waals surface area contributed by atoms with Gasteiger partial charge in [0.05, 0.1) is 14.2 Å². The highest BCUT2D eigenvalue weighted by atomic mass is 16.5. The molecule has 118 valence electrons. The average Bonchev–Trinajstić information content (AvgIpc) is 3.08. The Bertz CT molecular complexity index is 613. The third-order valence-electron chi connectivity index (χ3n) is 3.37. The number of hydrogen-bond donors (Lipinski definition) is 1. The van der Waals surface area contributed by atoms with E-state index < -0.39 is 0 Å². The minimum Gasteiger partial charge on any atom is -0.493 e. The largest absolute Gasteiger partial charge is 0.493 e. The van der Waals surface area contributed by atoms with Crippen LogP contribution in [0.4, 0.5) is 0 Å². The van der Waals surface area contributed by atoms with Crippen LogP contribution in [0.25, 0.3) is 0 Å². The molecule has 2 rings (SSSR count). The summed E-state index contributed by atoms with van der Waals surface area (Å²) in [5.74, 6) is 1.28. The van der Waals surface area contributed by atoms with E-state index in [2.05, 4.69) is 15.4 Å². The molecule has 0 aliphatic heterocycles. The van der Waals surface area contributed by atoms with Crippen LogP contribution < -0.4 is 14.8 Å². The summed E-state index contributed by atoms with van der Waals surface area (Å²) in [6.07, 6.45) is 3.64. The molecule has 1 aromatic heterocycles. The van der Waals surface area contributed by atoms with Crippen molar-refractivity contribution in [1.29, 1.82) is 0 Å². The number of amides is 1. The lowest BCUT2D eigenvalue weighted by atomic mass is 10.1. The van der Waals surface area contributed by atoms with E-state index in [-0.39, 0.29) is 11.9 Å². The van der Waals surface area contributed by atoms with Gasteiger partial charge in [-0.05, 0) is 31.0 Å². The van der Waals surface area contributed by atoms with Gasteiger partial charge in [-0.2, -0.15) is 5.10 Å². The van der Waals surface area contributed by atoms with Crippen LogP contribution in [0.2, 0.25) is 0 Å². The van der Waals surface area contributed by atoms with Crippen LogP contribution in [-0.4, -0.2) is 41.4 Å². The summed E-state index contributed by atoms with van der Waals surface area (Å²) in [4.78, 5) is 15.8. The fourth-order valence-electron chi connectivity index (χ4n) is 2.05. The maximum Gasteiger partial charge on any atom is 0.244 e. The number of benzene rings is 1. The number of nitrogens with one attached hydrogen (secondary N) is 1. The molecule has 1 heterocycles. The lowest BCUT2D eigenvalue weighted by molar-refractivity contribution is -0.124. The van der Waals surface area contributed by atoms with Gasteiger partial charge in [-0.3, -0.25) is 4.79 Å². The summed E-state index contributed by atoms with van der Waals surface area (Å²) in [7, 11) is 3.20. The summed E-state index contributed by atoms with van der Waals surface area (Å²) in [6, 6.07) is 5.33. The molecule has 1 N–H and O–H groups in total. The van der Waals surface area contributed by atoms with E-state index >= 15 is 0 Å². The Morgan fingerprint density at radius 2 is 2.09 bits per heavy atom. The quantitative estimate of drug-likeness (QED) is 0.832. The van der Waals surface area contributed by atoms with Crippen LogP contribution in [0.3, 0.4) is 0 Å². The van der Waals surface area contributed by atoms with Crippen molar-refractivity contribution in [3.05, 3.63) is 36.4 Å². The maximum atomic E-state index is 12.0. The molecular weight excluding hydrogens is 284 g/mol. The van der Waals surface area contributed by atoms with Gasteiger partial charge in [0.15, 0.2) is 11.5 Å². The van der Waals surface area contributed by atoms with E-state index in [0.717, 1.165) is 5.56 Å². The molecule has 1 amide bonds. The fourth-order valence-corrected chi connectivity index (χ4v) is 2.05. The molecule has 0 aliphatic carbocycles. The van der Waals surface area contributed by atoms with Crippen molar-refractivity contribution in [2.24, 2.45) is 0 Å². The molecule has 0 saturated heterocycles. The van der Waals surface area contributed by atoms with Crippen molar-refractivity contribution in [2.45, 2.75) is 19.4 Å². The minimum absolute atomic E-state index is 0.0917. The number of hydrogen-bond acceptors (Lipinski definition) is 5. The summed E-state index contributed by atoms with van der Waals surface area (Å²) >= 11 is 0.